The number of nitrogens with one attached hydrogen (secondary N) is 1. The van der Waals surface area contributed by atoms with Crippen LogP contribution in [0.4, 0.5) is 0 Å². The Bertz CT molecular complexity index is 574. The highest BCUT2D eigenvalue weighted by molar-refractivity contribution is 9.10. The summed E-state index contributed by atoms with van der Waals surface area (Å²) in [7, 11) is 3.25. The maximum Gasteiger partial charge on any atom is 0.307 e. The van der Waals surface area contributed by atoms with Gasteiger partial charge >= 0.3 is 5.97 Å². The van der Waals surface area contributed by atoms with Gasteiger partial charge in [0.25, 0.3) is 0 Å². The lowest BCUT2D eigenvalue weighted by Gasteiger charge is -2.22. The lowest BCUT2D eigenvalue weighted by Crippen LogP contribution is -2.17. The molecule has 2 unspecified atom stereocenters. The molecule has 2 rings (SSSR count). The van der Waals surface area contributed by atoms with Crippen molar-refractivity contribution in [1.29, 1.82) is 0 Å². The van der Waals surface area contributed by atoms with E-state index in [1.165, 1.54) is 0 Å². The molecule has 0 saturated carbocycles. The first-order valence-electron chi connectivity index (χ1n) is 7.31. The minimum Gasteiger partial charge on any atom is -0.495 e. The van der Waals surface area contributed by atoms with Gasteiger partial charge in [0, 0.05) is 18.2 Å². The zero-order chi connectivity index (χ0) is 16.4. The normalized spacial score (nSPS) is 21.2. The molecular weight excluding hydrogens is 350 g/mol. The summed E-state index contributed by atoms with van der Waals surface area (Å²) in [5, 5.41) is 12.5. The second-order valence-corrected chi connectivity index (χ2v) is 6.61. The molecule has 2 atom stereocenters. The van der Waals surface area contributed by atoms with Crippen LogP contribution in [0.2, 0.25) is 0 Å². The maximum atomic E-state index is 11.2. The quantitative estimate of drug-likeness (QED) is 0.830. The molecule has 1 aliphatic rings. The standard InChI is InChI=1S/C16H22BrNO4/c1-8(2)10-6-11(12-5-9(7-18-12)16(19)20)15(22-4)13(17)14(10)21-3/h6,8-9,12,18H,5,7H2,1-4H3,(H,19,20). The van der Waals surface area contributed by atoms with Crippen molar-refractivity contribution in [2.45, 2.75) is 32.2 Å². The van der Waals surface area contributed by atoms with E-state index in [0.29, 0.717) is 18.7 Å². The lowest BCUT2D eigenvalue weighted by molar-refractivity contribution is -0.141. The van der Waals surface area contributed by atoms with Gasteiger partial charge in [-0.15, -0.1) is 0 Å². The second kappa shape index (κ2) is 6.87. The van der Waals surface area contributed by atoms with Crippen LogP contribution in [0.25, 0.3) is 0 Å². The van der Waals surface area contributed by atoms with Crippen molar-refractivity contribution in [2.24, 2.45) is 5.92 Å². The minimum atomic E-state index is -0.759. The summed E-state index contributed by atoms with van der Waals surface area (Å²) in [6.45, 7) is 4.68. The van der Waals surface area contributed by atoms with E-state index in [0.717, 1.165) is 21.3 Å². The molecule has 0 amide bonds. The van der Waals surface area contributed by atoms with E-state index < -0.39 is 5.97 Å². The molecule has 2 N–H and O–H groups in total. The van der Waals surface area contributed by atoms with Crippen LogP contribution in [0.5, 0.6) is 11.5 Å². The van der Waals surface area contributed by atoms with Crippen LogP contribution in [0.3, 0.4) is 0 Å². The zero-order valence-corrected chi connectivity index (χ0v) is 14.9. The molecule has 1 aliphatic heterocycles. The first kappa shape index (κ1) is 17.1. The van der Waals surface area contributed by atoms with Crippen LogP contribution < -0.4 is 14.8 Å². The SMILES string of the molecule is COc1c(C(C)C)cc(C2CC(C(=O)O)CN2)c(OC)c1Br. The molecule has 0 bridgehead atoms. The molecule has 1 saturated heterocycles. The highest BCUT2D eigenvalue weighted by atomic mass is 79.9. The summed E-state index contributed by atoms with van der Waals surface area (Å²) in [5.74, 6) is 0.629. The summed E-state index contributed by atoms with van der Waals surface area (Å²) in [5.41, 5.74) is 2.05. The Morgan fingerprint density at radius 3 is 2.45 bits per heavy atom. The van der Waals surface area contributed by atoms with E-state index in [4.69, 9.17) is 9.47 Å². The van der Waals surface area contributed by atoms with E-state index in [-0.39, 0.29) is 17.9 Å². The van der Waals surface area contributed by atoms with Gasteiger partial charge in [0.2, 0.25) is 0 Å². The van der Waals surface area contributed by atoms with Crippen LogP contribution >= 0.6 is 15.9 Å². The Balaban J connectivity index is 2.49. The molecule has 1 fully saturated rings. The summed E-state index contributed by atoms with van der Waals surface area (Å²) >= 11 is 3.57. The number of benzene rings is 1. The van der Waals surface area contributed by atoms with E-state index >= 15 is 0 Å². The third-order valence-corrected chi connectivity index (χ3v) is 4.84. The summed E-state index contributed by atoms with van der Waals surface area (Å²) in [6, 6.07) is 2.03. The number of halogens is 1. The van der Waals surface area contributed by atoms with Gasteiger partial charge in [-0.25, -0.2) is 0 Å². The van der Waals surface area contributed by atoms with Crippen LogP contribution in [0, 0.1) is 5.92 Å². The highest BCUT2D eigenvalue weighted by Gasteiger charge is 2.33. The average molecular weight is 372 g/mol. The summed E-state index contributed by atoms with van der Waals surface area (Å²) in [6.07, 6.45) is 0.558. The number of rotatable bonds is 5. The Morgan fingerprint density at radius 1 is 1.36 bits per heavy atom. The molecule has 0 spiro atoms. The largest absolute Gasteiger partial charge is 0.495 e. The first-order valence-corrected chi connectivity index (χ1v) is 8.10. The van der Waals surface area contributed by atoms with Gasteiger partial charge in [0.1, 0.15) is 16.0 Å². The monoisotopic (exact) mass is 371 g/mol. The molecule has 1 aromatic carbocycles. The topological polar surface area (TPSA) is 67.8 Å². The van der Waals surface area contributed by atoms with Crippen molar-refractivity contribution in [3.05, 3.63) is 21.7 Å². The molecule has 5 nitrogen and oxygen atoms in total. The van der Waals surface area contributed by atoms with Gasteiger partial charge in [0.15, 0.2) is 0 Å². The fourth-order valence-corrected chi connectivity index (χ4v) is 3.70. The second-order valence-electron chi connectivity index (χ2n) is 5.82. The van der Waals surface area contributed by atoms with Crippen LogP contribution in [0.1, 0.15) is 43.4 Å². The van der Waals surface area contributed by atoms with Crippen LogP contribution in [-0.2, 0) is 4.79 Å². The van der Waals surface area contributed by atoms with E-state index in [9.17, 15) is 9.90 Å². The Labute approximate surface area is 139 Å². The number of aliphatic carboxylic acids is 1. The summed E-state index contributed by atoms with van der Waals surface area (Å²) in [4.78, 5) is 11.2. The van der Waals surface area contributed by atoms with E-state index in [1.54, 1.807) is 14.2 Å². The fourth-order valence-electron chi connectivity index (χ4n) is 2.92. The average Bonchev–Trinajstić information content (AvgIpc) is 2.95. The zero-order valence-electron chi connectivity index (χ0n) is 13.3. The van der Waals surface area contributed by atoms with Gasteiger partial charge in [-0.1, -0.05) is 13.8 Å². The fraction of sp³-hybridized carbons (Fsp3) is 0.562. The molecule has 0 radical (unpaired) electrons. The van der Waals surface area contributed by atoms with Crippen molar-refractivity contribution in [2.75, 3.05) is 20.8 Å². The van der Waals surface area contributed by atoms with Gasteiger partial charge in [-0.05, 0) is 39.9 Å². The number of carboxylic acids is 1. The molecule has 0 aliphatic carbocycles. The van der Waals surface area contributed by atoms with Gasteiger partial charge in [-0.3, -0.25) is 4.79 Å². The first-order chi connectivity index (χ1) is 10.4. The Hall–Kier alpha value is -1.27. The van der Waals surface area contributed by atoms with Crippen LogP contribution in [0.15, 0.2) is 10.5 Å². The molecule has 1 aromatic rings. The van der Waals surface area contributed by atoms with E-state index in [1.807, 2.05) is 0 Å². The van der Waals surface area contributed by atoms with Gasteiger partial charge in [-0.2, -0.15) is 0 Å². The predicted octanol–water partition coefficient (Wildman–Crippen LogP) is 3.32. The molecule has 122 valence electrons. The molecular formula is C16H22BrNO4. The van der Waals surface area contributed by atoms with Crippen LogP contribution in [-0.4, -0.2) is 31.8 Å². The van der Waals surface area contributed by atoms with E-state index in [2.05, 4.69) is 41.2 Å². The molecule has 6 heteroatoms. The van der Waals surface area contributed by atoms with Gasteiger partial charge < -0.3 is 19.9 Å². The smallest absolute Gasteiger partial charge is 0.307 e. The third-order valence-electron chi connectivity index (χ3n) is 4.12. The van der Waals surface area contributed by atoms with Crippen molar-refractivity contribution >= 4 is 21.9 Å². The number of hydrogen-bond donors (Lipinski definition) is 2. The number of carbonyl (C=O) groups is 1. The lowest BCUT2D eigenvalue weighted by atomic mass is 9.93. The maximum absolute atomic E-state index is 11.2. The number of methoxy groups -OCH3 is 2. The van der Waals surface area contributed by atoms with Crippen molar-refractivity contribution < 1.29 is 19.4 Å². The Kier molecular flexibility index (Phi) is 5.34. The predicted molar refractivity (Wildman–Crippen MR) is 87.8 cm³/mol. The number of hydrogen-bond acceptors (Lipinski definition) is 4. The molecule has 22 heavy (non-hydrogen) atoms. The van der Waals surface area contributed by atoms with Crippen molar-refractivity contribution in [1.82, 2.24) is 5.32 Å². The van der Waals surface area contributed by atoms with Crippen molar-refractivity contribution in [3.8, 4) is 11.5 Å². The third kappa shape index (κ3) is 3.08. The summed E-state index contributed by atoms with van der Waals surface area (Å²) < 4.78 is 11.8. The Morgan fingerprint density at radius 2 is 2.00 bits per heavy atom. The number of carboxylic acid groups (broad SMARTS) is 1. The minimum absolute atomic E-state index is 0.0317. The van der Waals surface area contributed by atoms with Gasteiger partial charge in [0.05, 0.1) is 20.1 Å². The highest BCUT2D eigenvalue weighted by Crippen LogP contribution is 2.46. The number of ether oxygens (including phenoxy) is 2. The van der Waals surface area contributed by atoms with Crippen molar-refractivity contribution in [3.63, 3.8) is 0 Å². The molecule has 0 aromatic heterocycles. The molecule has 1 heterocycles.